The lowest BCUT2D eigenvalue weighted by molar-refractivity contribution is 0.317. The molecule has 1 aromatic carbocycles. The summed E-state index contributed by atoms with van der Waals surface area (Å²) in [5.41, 5.74) is 0.986. The molecule has 3 nitrogen and oxygen atoms in total. The third kappa shape index (κ3) is 3.14. The Bertz CT molecular complexity index is 377. The van der Waals surface area contributed by atoms with Gasteiger partial charge in [-0.05, 0) is 25.0 Å². The smallest absolute Gasteiger partial charge is 0.143 e. The van der Waals surface area contributed by atoms with Gasteiger partial charge in [0, 0.05) is 5.56 Å². The minimum Gasteiger partial charge on any atom is -0.506 e. The first-order valence-corrected chi connectivity index (χ1v) is 5.77. The molecule has 0 aromatic heterocycles. The van der Waals surface area contributed by atoms with Gasteiger partial charge >= 0.3 is 0 Å². The van der Waals surface area contributed by atoms with Crippen LogP contribution in [0.15, 0.2) is 23.4 Å². The molecule has 0 fully saturated rings. The molecule has 0 bridgehead atoms. The largest absolute Gasteiger partial charge is 0.506 e. The third-order valence-corrected chi connectivity index (χ3v) is 2.74. The topological polar surface area (TPSA) is 52.8 Å². The fourth-order valence-electron chi connectivity index (χ4n) is 1.53. The summed E-state index contributed by atoms with van der Waals surface area (Å²) >= 11 is 5.79. The molecule has 2 N–H and O–H groups in total. The molecular weight excluding hydrogens is 226 g/mol. The van der Waals surface area contributed by atoms with E-state index in [1.54, 1.807) is 18.2 Å². The molecule has 0 atom stereocenters. The number of unbranched alkanes of at least 4 members (excludes halogenated alkanes) is 2. The molecule has 0 spiro atoms. The highest BCUT2D eigenvalue weighted by atomic mass is 35.5. The first-order chi connectivity index (χ1) is 7.70. The average molecular weight is 242 g/mol. The molecule has 4 heteroatoms. The normalized spacial score (nSPS) is 11.8. The fourth-order valence-corrected chi connectivity index (χ4v) is 1.70. The van der Waals surface area contributed by atoms with Crippen molar-refractivity contribution in [1.29, 1.82) is 0 Å². The van der Waals surface area contributed by atoms with Crippen LogP contribution in [0, 0.1) is 0 Å². The van der Waals surface area contributed by atoms with Crippen molar-refractivity contribution < 1.29 is 10.3 Å². The lowest BCUT2D eigenvalue weighted by atomic mass is 10.0. The molecule has 1 aromatic rings. The standard InChI is InChI=1S/C12H16ClNO2/c1-2-3-4-8-11(14-16)9-6-5-7-10(13)12(9)15/h5-7,15-16H,2-4,8H2,1H3/b14-11+. The van der Waals surface area contributed by atoms with Crippen molar-refractivity contribution in [2.75, 3.05) is 0 Å². The van der Waals surface area contributed by atoms with E-state index < -0.39 is 0 Å². The van der Waals surface area contributed by atoms with Crippen molar-refractivity contribution in [3.8, 4) is 5.75 Å². The van der Waals surface area contributed by atoms with Crippen LogP contribution in [0.4, 0.5) is 0 Å². The summed E-state index contributed by atoms with van der Waals surface area (Å²) in [4.78, 5) is 0. The maximum atomic E-state index is 9.73. The van der Waals surface area contributed by atoms with E-state index in [-0.39, 0.29) is 10.8 Å². The Morgan fingerprint density at radius 1 is 1.38 bits per heavy atom. The zero-order valence-corrected chi connectivity index (χ0v) is 10.0. The Morgan fingerprint density at radius 3 is 2.75 bits per heavy atom. The highest BCUT2D eigenvalue weighted by Crippen LogP contribution is 2.28. The van der Waals surface area contributed by atoms with Crippen LogP contribution >= 0.6 is 11.6 Å². The maximum Gasteiger partial charge on any atom is 0.143 e. The summed E-state index contributed by atoms with van der Waals surface area (Å²) in [5.74, 6) is -0.0199. The number of benzene rings is 1. The zero-order chi connectivity index (χ0) is 12.0. The minimum atomic E-state index is -0.0199. The van der Waals surface area contributed by atoms with E-state index in [1.165, 1.54) is 0 Å². The van der Waals surface area contributed by atoms with Gasteiger partial charge in [-0.2, -0.15) is 0 Å². The van der Waals surface area contributed by atoms with Gasteiger partial charge in [0.1, 0.15) is 5.75 Å². The van der Waals surface area contributed by atoms with Gasteiger partial charge in [-0.3, -0.25) is 0 Å². The Morgan fingerprint density at radius 2 is 2.12 bits per heavy atom. The number of aromatic hydroxyl groups is 1. The van der Waals surface area contributed by atoms with Gasteiger partial charge in [-0.1, -0.05) is 42.6 Å². The second kappa shape index (κ2) is 6.38. The number of phenolic OH excluding ortho intramolecular Hbond substituents is 1. The first kappa shape index (κ1) is 12.8. The van der Waals surface area contributed by atoms with E-state index in [1.807, 2.05) is 0 Å². The molecule has 16 heavy (non-hydrogen) atoms. The molecule has 1 rings (SSSR count). The molecule has 0 unspecified atom stereocenters. The van der Waals surface area contributed by atoms with E-state index in [0.29, 0.717) is 17.7 Å². The van der Waals surface area contributed by atoms with E-state index >= 15 is 0 Å². The van der Waals surface area contributed by atoms with Crippen molar-refractivity contribution in [1.82, 2.24) is 0 Å². The molecule has 0 saturated carbocycles. The minimum absolute atomic E-state index is 0.0199. The Labute approximate surface area is 100 Å². The Hall–Kier alpha value is -1.22. The molecule has 0 aliphatic carbocycles. The second-order valence-corrected chi connectivity index (χ2v) is 4.05. The van der Waals surface area contributed by atoms with Crippen LogP contribution in [-0.2, 0) is 0 Å². The van der Waals surface area contributed by atoms with Crippen LogP contribution in [0.25, 0.3) is 0 Å². The quantitative estimate of drug-likeness (QED) is 0.357. The molecule has 0 saturated heterocycles. The summed E-state index contributed by atoms with van der Waals surface area (Å²) in [6.07, 6.45) is 3.74. The molecular formula is C12H16ClNO2. The van der Waals surface area contributed by atoms with Crippen molar-refractivity contribution in [3.05, 3.63) is 28.8 Å². The number of hydrogen-bond donors (Lipinski definition) is 2. The molecule has 0 radical (unpaired) electrons. The summed E-state index contributed by atoms with van der Waals surface area (Å²) < 4.78 is 0. The van der Waals surface area contributed by atoms with E-state index in [9.17, 15) is 5.11 Å². The first-order valence-electron chi connectivity index (χ1n) is 5.39. The van der Waals surface area contributed by atoms with E-state index in [0.717, 1.165) is 19.3 Å². The summed E-state index contributed by atoms with van der Waals surface area (Å²) in [6.45, 7) is 2.10. The highest BCUT2D eigenvalue weighted by Gasteiger charge is 2.11. The van der Waals surface area contributed by atoms with E-state index in [2.05, 4.69) is 12.1 Å². The number of para-hydroxylation sites is 1. The lowest BCUT2D eigenvalue weighted by Crippen LogP contribution is -2.01. The van der Waals surface area contributed by atoms with Gasteiger partial charge in [0.05, 0.1) is 10.7 Å². The molecule has 88 valence electrons. The highest BCUT2D eigenvalue weighted by molar-refractivity contribution is 6.32. The van der Waals surface area contributed by atoms with Crippen LogP contribution in [0.3, 0.4) is 0 Å². The van der Waals surface area contributed by atoms with E-state index in [4.69, 9.17) is 16.8 Å². The number of hydrogen-bond acceptors (Lipinski definition) is 3. The van der Waals surface area contributed by atoms with Gasteiger partial charge in [0.25, 0.3) is 0 Å². The van der Waals surface area contributed by atoms with Gasteiger partial charge in [-0.15, -0.1) is 0 Å². The van der Waals surface area contributed by atoms with Crippen LogP contribution in [0.2, 0.25) is 5.02 Å². The number of halogens is 1. The predicted octanol–water partition coefficient (Wildman–Crippen LogP) is 3.80. The number of nitrogens with zero attached hydrogens (tertiary/aromatic N) is 1. The van der Waals surface area contributed by atoms with Crippen LogP contribution in [0.5, 0.6) is 5.75 Å². The summed E-state index contributed by atoms with van der Waals surface area (Å²) in [6, 6.07) is 5.02. The number of phenols is 1. The van der Waals surface area contributed by atoms with Crippen LogP contribution < -0.4 is 0 Å². The monoisotopic (exact) mass is 241 g/mol. The lowest BCUT2D eigenvalue weighted by Gasteiger charge is -2.07. The summed E-state index contributed by atoms with van der Waals surface area (Å²) in [7, 11) is 0. The maximum absolute atomic E-state index is 9.73. The molecule has 0 amide bonds. The number of rotatable bonds is 5. The van der Waals surface area contributed by atoms with Crippen molar-refractivity contribution in [3.63, 3.8) is 0 Å². The molecule has 0 aliphatic rings. The van der Waals surface area contributed by atoms with Gasteiger partial charge in [0.15, 0.2) is 0 Å². The van der Waals surface area contributed by atoms with Crippen LogP contribution in [0.1, 0.15) is 38.2 Å². The van der Waals surface area contributed by atoms with Crippen molar-refractivity contribution in [2.24, 2.45) is 5.16 Å². The number of oxime groups is 1. The predicted molar refractivity (Wildman–Crippen MR) is 65.6 cm³/mol. The summed E-state index contributed by atoms with van der Waals surface area (Å²) in [5, 5.41) is 22.2. The SMILES string of the molecule is CCCCC/C(=N\O)c1cccc(Cl)c1O. The van der Waals surface area contributed by atoms with Gasteiger partial charge in [-0.25, -0.2) is 0 Å². The fraction of sp³-hybridized carbons (Fsp3) is 0.417. The van der Waals surface area contributed by atoms with Crippen LogP contribution in [-0.4, -0.2) is 16.0 Å². The average Bonchev–Trinajstić information content (AvgIpc) is 2.29. The van der Waals surface area contributed by atoms with Crippen molar-refractivity contribution in [2.45, 2.75) is 32.6 Å². The van der Waals surface area contributed by atoms with Gasteiger partial charge < -0.3 is 10.3 Å². The zero-order valence-electron chi connectivity index (χ0n) is 9.28. The Balaban J connectivity index is 2.84. The van der Waals surface area contributed by atoms with Gasteiger partial charge in [0.2, 0.25) is 0 Å². The molecule has 0 aliphatic heterocycles. The molecule has 0 heterocycles. The second-order valence-electron chi connectivity index (χ2n) is 3.64. The third-order valence-electron chi connectivity index (χ3n) is 2.44. The van der Waals surface area contributed by atoms with Crippen molar-refractivity contribution >= 4 is 17.3 Å². The Kier molecular flexibility index (Phi) is 5.12.